The van der Waals surface area contributed by atoms with Gasteiger partial charge in [0.25, 0.3) is 0 Å². The summed E-state index contributed by atoms with van der Waals surface area (Å²) in [7, 11) is 0. The third kappa shape index (κ3) is 7.21. The van der Waals surface area contributed by atoms with E-state index in [1.807, 2.05) is 0 Å². The maximum atomic E-state index is 2.46. The van der Waals surface area contributed by atoms with Crippen molar-refractivity contribution in [2.75, 3.05) is 0 Å². The third-order valence-corrected chi connectivity index (χ3v) is 5.57. The Morgan fingerprint density at radius 1 is 0.700 bits per heavy atom. The van der Waals surface area contributed by atoms with Gasteiger partial charge in [-0.15, -0.1) is 5.56 Å². The van der Waals surface area contributed by atoms with Crippen molar-refractivity contribution in [2.45, 2.75) is 57.8 Å². The average molecular weight is 498 g/mol. The molecule has 0 unspecified atom stereocenters. The van der Waals surface area contributed by atoms with Crippen molar-refractivity contribution in [3.8, 4) is 0 Å². The van der Waals surface area contributed by atoms with Crippen LogP contribution >= 0.6 is 0 Å². The Morgan fingerprint density at radius 3 is 1.67 bits per heavy atom. The van der Waals surface area contributed by atoms with Crippen molar-refractivity contribution in [3.63, 3.8) is 0 Å². The van der Waals surface area contributed by atoms with Crippen LogP contribution in [0.25, 0.3) is 0 Å². The quantitative estimate of drug-likeness (QED) is 0.244. The van der Waals surface area contributed by atoms with Crippen LogP contribution in [0.15, 0.2) is 78.9 Å². The van der Waals surface area contributed by atoms with Crippen LogP contribution < -0.4 is 37.2 Å². The number of hydrogen-bond donors (Lipinski definition) is 0. The van der Waals surface area contributed by atoms with Crippen LogP contribution in [0.4, 0.5) is 0 Å². The van der Waals surface area contributed by atoms with Crippen LogP contribution in [0.1, 0.15) is 68.2 Å². The molecule has 0 spiro atoms. The molecule has 0 fully saturated rings. The average Bonchev–Trinajstić information content (AvgIpc) is 3.18. The molecule has 4 heteroatoms. The van der Waals surface area contributed by atoms with Gasteiger partial charge in [0.2, 0.25) is 0 Å². The molecule has 3 rings (SSSR count). The summed E-state index contributed by atoms with van der Waals surface area (Å²) in [6.07, 6.45) is 7.28. The summed E-state index contributed by atoms with van der Waals surface area (Å²) in [6, 6.07) is 29.4. The van der Waals surface area contributed by atoms with Crippen molar-refractivity contribution in [3.05, 3.63) is 101 Å². The molecule has 0 aliphatic rings. The largest absolute Gasteiger partial charge is 4.00 e. The van der Waals surface area contributed by atoms with E-state index in [9.17, 15) is 0 Å². The summed E-state index contributed by atoms with van der Waals surface area (Å²) in [6.45, 7) is 4.56. The van der Waals surface area contributed by atoms with E-state index < -0.39 is 0 Å². The molecule has 0 atom stereocenters. The van der Waals surface area contributed by atoms with Crippen molar-refractivity contribution in [1.82, 2.24) is 0 Å². The molecule has 0 aliphatic heterocycles. The predicted molar refractivity (Wildman–Crippen MR) is 113 cm³/mol. The van der Waals surface area contributed by atoms with Gasteiger partial charge in [-0.1, -0.05) is 107 Å². The first kappa shape index (κ1) is 31.6. The van der Waals surface area contributed by atoms with Gasteiger partial charge in [0.05, 0.1) is 0 Å². The van der Waals surface area contributed by atoms with E-state index in [0.717, 1.165) is 6.42 Å². The molecule has 0 nitrogen and oxygen atoms in total. The van der Waals surface area contributed by atoms with Crippen LogP contribution in [0.2, 0.25) is 0 Å². The monoisotopic (exact) mass is 496 g/mol. The van der Waals surface area contributed by atoms with E-state index in [1.165, 1.54) is 54.4 Å². The van der Waals surface area contributed by atoms with Gasteiger partial charge in [0, 0.05) is 5.41 Å². The molecule has 0 radical (unpaired) electrons. The molecule has 0 saturated heterocycles. The Kier molecular flexibility index (Phi) is 16.9. The molecule has 0 bridgehead atoms. The fraction of sp³-hybridized carbons (Fsp3) is 0.346. The summed E-state index contributed by atoms with van der Waals surface area (Å²) < 4.78 is 0. The van der Waals surface area contributed by atoms with Gasteiger partial charge in [-0.2, -0.15) is 17.7 Å². The van der Waals surface area contributed by atoms with Crippen LogP contribution in [0.5, 0.6) is 0 Å². The fourth-order valence-electron chi connectivity index (χ4n) is 4.11. The summed E-state index contributed by atoms with van der Waals surface area (Å²) in [4.78, 5) is 0. The van der Waals surface area contributed by atoms with E-state index >= 15 is 0 Å². The molecule has 0 N–H and O–H groups in total. The second-order valence-electron chi connectivity index (χ2n) is 7.35. The molecule has 0 aliphatic carbocycles. The minimum atomic E-state index is -0.0526. The molecular formula is C26H31Cl3Ti. The molecule has 3 aromatic carbocycles. The maximum Gasteiger partial charge on any atom is 4.00 e. The number of benzene rings is 2. The van der Waals surface area contributed by atoms with E-state index in [1.54, 1.807) is 0 Å². The normalized spacial score (nSPS) is 10.1. The zero-order valence-electron chi connectivity index (χ0n) is 17.9. The van der Waals surface area contributed by atoms with E-state index in [0.29, 0.717) is 0 Å². The van der Waals surface area contributed by atoms with Gasteiger partial charge >= 0.3 is 21.7 Å². The Morgan fingerprint density at radius 2 is 1.20 bits per heavy atom. The second-order valence-corrected chi connectivity index (χ2v) is 7.35. The Balaban J connectivity index is 0. The standard InChI is InChI=1S/C26H31.3ClH.Ti/c1-3-5-13-22-18-19-25(21-22)26(20-6-4-2,23-14-9-7-10-15-23)24-16-11-8-12-17-24;;;;/h7-12,14-19,21H,3-6,13,20H2,1-2H3;3*1H;/q-1;;;;+4/p-3. The molecule has 0 saturated carbocycles. The molecular weight excluding hydrogens is 467 g/mol. The second kappa shape index (κ2) is 16.1. The maximum absolute atomic E-state index is 2.46. The fourth-order valence-corrected chi connectivity index (χ4v) is 4.11. The zero-order valence-corrected chi connectivity index (χ0v) is 21.7. The minimum Gasteiger partial charge on any atom is -1.00 e. The summed E-state index contributed by atoms with van der Waals surface area (Å²) in [5.41, 5.74) is 5.70. The summed E-state index contributed by atoms with van der Waals surface area (Å²) in [5.74, 6) is 0. The van der Waals surface area contributed by atoms with Gasteiger partial charge < -0.3 is 37.2 Å². The van der Waals surface area contributed by atoms with Crippen LogP contribution in [0, 0.1) is 0 Å². The van der Waals surface area contributed by atoms with E-state index in [2.05, 4.69) is 92.7 Å². The minimum absolute atomic E-state index is 0. The van der Waals surface area contributed by atoms with Crippen molar-refractivity contribution < 1.29 is 58.9 Å². The van der Waals surface area contributed by atoms with Gasteiger partial charge in [0.15, 0.2) is 0 Å². The Labute approximate surface area is 216 Å². The van der Waals surface area contributed by atoms with Gasteiger partial charge in [-0.3, -0.25) is 0 Å². The van der Waals surface area contributed by atoms with Crippen molar-refractivity contribution in [2.24, 2.45) is 0 Å². The van der Waals surface area contributed by atoms with E-state index in [4.69, 9.17) is 0 Å². The SMILES string of the molecule is CCCCc1cc[c-](C(CCCC)(c2ccccc2)c2ccccc2)c1.[Cl-].[Cl-].[Cl-].[Ti+4]. The topological polar surface area (TPSA) is 0 Å². The van der Waals surface area contributed by atoms with Crippen LogP contribution in [0.3, 0.4) is 0 Å². The molecule has 0 aromatic heterocycles. The number of hydrogen-bond acceptors (Lipinski definition) is 0. The number of halogens is 3. The molecule has 0 amide bonds. The summed E-state index contributed by atoms with van der Waals surface area (Å²) >= 11 is 0. The van der Waals surface area contributed by atoms with Crippen molar-refractivity contribution in [1.29, 1.82) is 0 Å². The first-order valence-electron chi connectivity index (χ1n) is 10.2. The predicted octanol–water partition coefficient (Wildman–Crippen LogP) is -1.72. The number of unbranched alkanes of at least 4 members (excludes halogenated alkanes) is 2. The number of rotatable bonds is 9. The molecule has 160 valence electrons. The van der Waals surface area contributed by atoms with Crippen LogP contribution in [-0.2, 0) is 33.6 Å². The van der Waals surface area contributed by atoms with Gasteiger partial charge in [0.1, 0.15) is 0 Å². The first-order valence-corrected chi connectivity index (χ1v) is 10.2. The van der Waals surface area contributed by atoms with Gasteiger partial charge in [-0.05, 0) is 17.5 Å². The zero-order chi connectivity index (χ0) is 18.2. The van der Waals surface area contributed by atoms with E-state index in [-0.39, 0.29) is 64.4 Å². The molecule has 30 heavy (non-hydrogen) atoms. The molecule has 3 aromatic rings. The van der Waals surface area contributed by atoms with Gasteiger partial charge in [-0.25, -0.2) is 6.07 Å². The Hall–Kier alpha value is -0.626. The number of aryl methyl sites for hydroxylation is 1. The smallest absolute Gasteiger partial charge is 1.00 e. The van der Waals surface area contributed by atoms with Crippen molar-refractivity contribution >= 4 is 0 Å². The first-order chi connectivity index (χ1) is 12.8. The Bertz CT molecular complexity index is 745. The van der Waals surface area contributed by atoms with Crippen LogP contribution in [-0.4, -0.2) is 0 Å². The summed E-state index contributed by atoms with van der Waals surface area (Å²) in [5, 5.41) is 0. The molecule has 0 heterocycles. The third-order valence-electron chi connectivity index (χ3n) is 5.57.